The van der Waals surface area contributed by atoms with Crippen LogP contribution in [0.1, 0.15) is 37.4 Å². The van der Waals surface area contributed by atoms with Gasteiger partial charge in [0.15, 0.2) is 9.84 Å². The Balaban J connectivity index is 1.61. The Morgan fingerprint density at radius 1 is 1.14 bits per heavy atom. The van der Waals surface area contributed by atoms with E-state index in [1.165, 1.54) is 0 Å². The lowest BCUT2D eigenvalue weighted by Gasteiger charge is -2.29. The molecule has 1 aromatic carbocycles. The maximum atomic E-state index is 12.5. The van der Waals surface area contributed by atoms with Gasteiger partial charge in [-0.2, -0.15) is 0 Å². The van der Waals surface area contributed by atoms with Crippen LogP contribution in [0.2, 0.25) is 0 Å². The number of anilines is 2. The van der Waals surface area contributed by atoms with E-state index in [1.54, 1.807) is 6.33 Å². The lowest BCUT2D eigenvalue weighted by Crippen LogP contribution is -2.36. The molecule has 3 heterocycles. The molecule has 0 spiro atoms. The zero-order valence-corrected chi connectivity index (χ0v) is 17.8. The van der Waals surface area contributed by atoms with Crippen molar-refractivity contribution in [3.05, 3.63) is 41.7 Å². The first-order valence-electron chi connectivity index (χ1n) is 10.2. The number of nitrogens with one attached hydrogen (secondary N) is 1. The van der Waals surface area contributed by atoms with Crippen LogP contribution >= 0.6 is 0 Å². The van der Waals surface area contributed by atoms with Crippen molar-refractivity contribution in [3.8, 4) is 0 Å². The standard InChI is InChI=1S/C21H28N4O3S/c1-15(2)21(17-6-5-16-4-3-11-29(26,27)18(16)12-17)24-19-13-20(23-14-22-19)25-7-9-28-10-8-25/h5-6,12-15,21H,3-4,7-11H2,1-2H3,(H,22,23,24)/t21-/m1/s1. The number of nitrogens with zero attached hydrogens (tertiary/aromatic N) is 3. The van der Waals surface area contributed by atoms with Crippen molar-refractivity contribution >= 4 is 21.5 Å². The van der Waals surface area contributed by atoms with Crippen LogP contribution in [0.15, 0.2) is 35.5 Å². The van der Waals surface area contributed by atoms with E-state index in [-0.39, 0.29) is 17.7 Å². The molecule has 1 aromatic heterocycles. The van der Waals surface area contributed by atoms with Gasteiger partial charge >= 0.3 is 0 Å². The van der Waals surface area contributed by atoms with E-state index in [2.05, 4.69) is 34.0 Å². The fraction of sp³-hybridized carbons (Fsp3) is 0.524. The van der Waals surface area contributed by atoms with E-state index in [0.717, 1.165) is 42.3 Å². The molecule has 2 aliphatic rings. The molecule has 0 unspecified atom stereocenters. The molecule has 29 heavy (non-hydrogen) atoms. The minimum Gasteiger partial charge on any atom is -0.378 e. The SMILES string of the molecule is CC(C)[C@@H](Nc1cc(N2CCOCC2)ncn1)c1ccc2c(c1)S(=O)(=O)CCC2. The summed E-state index contributed by atoms with van der Waals surface area (Å²) in [5, 5.41) is 3.50. The molecule has 2 aliphatic heterocycles. The second-order valence-electron chi connectivity index (χ2n) is 8.02. The van der Waals surface area contributed by atoms with Crippen molar-refractivity contribution in [2.24, 2.45) is 5.92 Å². The van der Waals surface area contributed by atoms with Gasteiger partial charge in [-0.15, -0.1) is 0 Å². The van der Waals surface area contributed by atoms with Crippen molar-refractivity contribution in [3.63, 3.8) is 0 Å². The van der Waals surface area contributed by atoms with E-state index in [0.29, 0.717) is 24.5 Å². The first-order chi connectivity index (χ1) is 13.9. The van der Waals surface area contributed by atoms with Crippen LogP contribution in [0.3, 0.4) is 0 Å². The number of aryl methyl sites for hydroxylation is 1. The monoisotopic (exact) mass is 416 g/mol. The molecule has 0 radical (unpaired) electrons. The van der Waals surface area contributed by atoms with Crippen molar-refractivity contribution in [1.82, 2.24) is 9.97 Å². The largest absolute Gasteiger partial charge is 0.378 e. The fourth-order valence-corrected chi connectivity index (χ4v) is 5.64. The van der Waals surface area contributed by atoms with Gasteiger partial charge in [0.25, 0.3) is 0 Å². The van der Waals surface area contributed by atoms with Crippen LogP contribution < -0.4 is 10.2 Å². The Labute approximate surface area is 172 Å². The lowest BCUT2D eigenvalue weighted by atomic mass is 9.94. The third-order valence-electron chi connectivity index (χ3n) is 5.60. The van der Waals surface area contributed by atoms with Crippen LogP contribution in [0, 0.1) is 5.92 Å². The minimum atomic E-state index is -3.19. The summed E-state index contributed by atoms with van der Waals surface area (Å²) in [5.74, 6) is 2.10. The first-order valence-corrected chi connectivity index (χ1v) is 11.9. The molecule has 1 fully saturated rings. The Bertz CT molecular complexity index is 972. The third-order valence-corrected chi connectivity index (χ3v) is 7.48. The van der Waals surface area contributed by atoms with Crippen LogP contribution in [0.4, 0.5) is 11.6 Å². The summed E-state index contributed by atoms with van der Waals surface area (Å²) in [6, 6.07) is 7.77. The third kappa shape index (κ3) is 4.38. The van der Waals surface area contributed by atoms with Gasteiger partial charge in [0.2, 0.25) is 0 Å². The van der Waals surface area contributed by atoms with Gasteiger partial charge in [-0.25, -0.2) is 18.4 Å². The molecule has 156 valence electrons. The summed E-state index contributed by atoms with van der Waals surface area (Å²) in [6.07, 6.45) is 3.09. The number of benzene rings is 1. The number of morpholine rings is 1. The second kappa shape index (κ2) is 8.28. The summed E-state index contributed by atoms with van der Waals surface area (Å²) in [4.78, 5) is 11.5. The average molecular weight is 417 g/mol. The molecule has 8 heteroatoms. The van der Waals surface area contributed by atoms with E-state index in [1.807, 2.05) is 24.3 Å². The molecule has 0 aliphatic carbocycles. The van der Waals surface area contributed by atoms with Crippen molar-refractivity contribution in [2.45, 2.75) is 37.6 Å². The van der Waals surface area contributed by atoms with Crippen LogP contribution in [0.25, 0.3) is 0 Å². The summed E-state index contributed by atoms with van der Waals surface area (Å²) >= 11 is 0. The molecule has 1 N–H and O–H groups in total. The van der Waals surface area contributed by atoms with Crippen molar-refractivity contribution < 1.29 is 13.2 Å². The highest BCUT2D eigenvalue weighted by Crippen LogP contribution is 2.32. The fourth-order valence-electron chi connectivity index (χ4n) is 4.01. The predicted molar refractivity (Wildman–Crippen MR) is 113 cm³/mol. The molecular formula is C21H28N4O3S. The molecule has 2 aromatic rings. The minimum absolute atomic E-state index is 0.0511. The predicted octanol–water partition coefficient (Wildman–Crippen LogP) is 2.84. The zero-order chi connectivity index (χ0) is 20.4. The Hall–Kier alpha value is -2.19. The highest BCUT2D eigenvalue weighted by molar-refractivity contribution is 7.91. The highest BCUT2D eigenvalue weighted by Gasteiger charge is 2.26. The highest BCUT2D eigenvalue weighted by atomic mass is 32.2. The van der Waals surface area contributed by atoms with Gasteiger partial charge < -0.3 is 15.0 Å². The van der Waals surface area contributed by atoms with E-state index in [4.69, 9.17) is 4.74 Å². The van der Waals surface area contributed by atoms with E-state index >= 15 is 0 Å². The average Bonchev–Trinajstić information content (AvgIpc) is 2.72. The van der Waals surface area contributed by atoms with Gasteiger partial charge in [0.05, 0.1) is 29.9 Å². The molecule has 0 saturated carbocycles. The Morgan fingerprint density at radius 3 is 2.69 bits per heavy atom. The van der Waals surface area contributed by atoms with Gasteiger partial charge in [0, 0.05) is 19.2 Å². The maximum absolute atomic E-state index is 12.5. The zero-order valence-electron chi connectivity index (χ0n) is 17.0. The molecular weight excluding hydrogens is 388 g/mol. The quantitative estimate of drug-likeness (QED) is 0.802. The molecule has 0 amide bonds. The second-order valence-corrected chi connectivity index (χ2v) is 10.1. The molecule has 1 atom stereocenters. The Morgan fingerprint density at radius 2 is 1.93 bits per heavy atom. The van der Waals surface area contributed by atoms with Crippen LogP contribution in [0.5, 0.6) is 0 Å². The summed E-state index contributed by atoms with van der Waals surface area (Å²) in [7, 11) is -3.19. The summed E-state index contributed by atoms with van der Waals surface area (Å²) in [6.45, 7) is 7.26. The first kappa shape index (κ1) is 20.1. The van der Waals surface area contributed by atoms with Crippen LogP contribution in [-0.2, 0) is 21.0 Å². The van der Waals surface area contributed by atoms with E-state index in [9.17, 15) is 8.42 Å². The van der Waals surface area contributed by atoms with Gasteiger partial charge in [-0.3, -0.25) is 0 Å². The lowest BCUT2D eigenvalue weighted by molar-refractivity contribution is 0.122. The smallest absolute Gasteiger partial charge is 0.178 e. The van der Waals surface area contributed by atoms with E-state index < -0.39 is 9.84 Å². The van der Waals surface area contributed by atoms with Crippen molar-refractivity contribution in [2.75, 3.05) is 42.3 Å². The summed E-state index contributed by atoms with van der Waals surface area (Å²) in [5.41, 5.74) is 1.90. The number of aromatic nitrogens is 2. The molecule has 0 bridgehead atoms. The maximum Gasteiger partial charge on any atom is 0.178 e. The topological polar surface area (TPSA) is 84.4 Å². The number of fused-ring (bicyclic) bond motifs is 1. The summed E-state index contributed by atoms with van der Waals surface area (Å²) < 4.78 is 30.5. The Kier molecular flexibility index (Phi) is 5.74. The number of hydrogen-bond acceptors (Lipinski definition) is 7. The number of ether oxygens (including phenoxy) is 1. The molecule has 7 nitrogen and oxygen atoms in total. The number of hydrogen-bond donors (Lipinski definition) is 1. The van der Waals surface area contributed by atoms with Gasteiger partial charge in [-0.05, 0) is 36.0 Å². The number of rotatable bonds is 5. The van der Waals surface area contributed by atoms with Crippen LogP contribution in [-0.4, -0.2) is 50.4 Å². The van der Waals surface area contributed by atoms with Gasteiger partial charge in [0.1, 0.15) is 18.0 Å². The molecule has 1 saturated heterocycles. The van der Waals surface area contributed by atoms with Crippen molar-refractivity contribution in [1.29, 1.82) is 0 Å². The molecule has 4 rings (SSSR count). The van der Waals surface area contributed by atoms with Gasteiger partial charge in [-0.1, -0.05) is 26.0 Å². The normalized spacial score (nSPS) is 19.6. The number of sulfone groups is 1.